The zero-order chi connectivity index (χ0) is 11.4. The maximum absolute atomic E-state index is 10.7. The van der Waals surface area contributed by atoms with Gasteiger partial charge in [0.1, 0.15) is 6.29 Å². The molecule has 2 rings (SSSR count). The summed E-state index contributed by atoms with van der Waals surface area (Å²) in [6.45, 7) is 4.52. The highest BCUT2D eigenvalue weighted by molar-refractivity contribution is 5.75. The van der Waals surface area contributed by atoms with Crippen molar-refractivity contribution < 1.29 is 4.79 Å². The molecule has 1 aliphatic rings. The molecule has 1 aliphatic heterocycles. The number of rotatable bonds is 3. The number of benzene rings is 1. The number of hydrogen-bond donors (Lipinski definition) is 1. The predicted molar refractivity (Wildman–Crippen MR) is 65.8 cm³/mol. The number of piperidine rings is 1. The van der Waals surface area contributed by atoms with Crippen molar-refractivity contribution in [2.24, 2.45) is 5.92 Å². The van der Waals surface area contributed by atoms with E-state index in [1.54, 1.807) is 0 Å². The maximum atomic E-state index is 10.7. The summed E-state index contributed by atoms with van der Waals surface area (Å²) in [5.41, 5.74) is 2.08. The van der Waals surface area contributed by atoms with Crippen LogP contribution in [-0.4, -0.2) is 19.4 Å². The van der Waals surface area contributed by atoms with E-state index in [2.05, 4.69) is 18.3 Å². The van der Waals surface area contributed by atoms with Gasteiger partial charge in [-0.15, -0.1) is 0 Å². The van der Waals surface area contributed by atoms with E-state index in [0.717, 1.165) is 24.9 Å². The predicted octanol–water partition coefficient (Wildman–Crippen LogP) is 2.60. The van der Waals surface area contributed by atoms with Crippen molar-refractivity contribution in [2.75, 3.05) is 13.1 Å². The Kier molecular flexibility index (Phi) is 3.73. The normalized spacial score (nSPS) is 22.7. The standard InChI is InChI=1S/C14H19NO/c1-11(14-6-3-7-15-9-14)13-5-2-4-12(8-13)10-16/h2,4-5,8,10-11,14-15H,3,6-7,9H2,1H3. The largest absolute Gasteiger partial charge is 0.316 e. The summed E-state index contributed by atoms with van der Waals surface area (Å²) in [6, 6.07) is 7.99. The van der Waals surface area contributed by atoms with Gasteiger partial charge in [0.15, 0.2) is 0 Å². The topological polar surface area (TPSA) is 29.1 Å². The lowest BCUT2D eigenvalue weighted by Crippen LogP contribution is -2.32. The lowest BCUT2D eigenvalue weighted by Gasteiger charge is -2.28. The molecule has 0 bridgehead atoms. The minimum absolute atomic E-state index is 0.535. The summed E-state index contributed by atoms with van der Waals surface area (Å²) in [7, 11) is 0. The van der Waals surface area contributed by atoms with Crippen LogP contribution >= 0.6 is 0 Å². The van der Waals surface area contributed by atoms with Gasteiger partial charge in [-0.1, -0.05) is 25.1 Å². The fourth-order valence-corrected chi connectivity index (χ4v) is 2.49. The molecular weight excluding hydrogens is 198 g/mol. The second-order valence-electron chi connectivity index (χ2n) is 4.68. The highest BCUT2D eigenvalue weighted by Crippen LogP contribution is 2.29. The minimum atomic E-state index is 0.535. The smallest absolute Gasteiger partial charge is 0.150 e. The van der Waals surface area contributed by atoms with E-state index in [4.69, 9.17) is 0 Å². The summed E-state index contributed by atoms with van der Waals surface area (Å²) in [5.74, 6) is 1.24. The molecule has 2 atom stereocenters. The van der Waals surface area contributed by atoms with Crippen molar-refractivity contribution in [1.82, 2.24) is 5.32 Å². The molecule has 1 fully saturated rings. The fraction of sp³-hybridized carbons (Fsp3) is 0.500. The summed E-state index contributed by atoms with van der Waals surface area (Å²) in [5, 5.41) is 3.44. The molecule has 0 aliphatic carbocycles. The number of hydrogen-bond acceptors (Lipinski definition) is 2. The van der Waals surface area contributed by atoms with E-state index in [9.17, 15) is 4.79 Å². The fourth-order valence-electron chi connectivity index (χ4n) is 2.49. The number of carbonyl (C=O) groups excluding carboxylic acids is 1. The quantitative estimate of drug-likeness (QED) is 0.788. The molecule has 1 aromatic carbocycles. The Morgan fingerprint density at radius 2 is 2.38 bits per heavy atom. The summed E-state index contributed by atoms with van der Waals surface area (Å²) < 4.78 is 0. The van der Waals surface area contributed by atoms with Gasteiger partial charge in [-0.25, -0.2) is 0 Å². The lowest BCUT2D eigenvalue weighted by atomic mass is 9.82. The first-order valence-corrected chi connectivity index (χ1v) is 6.07. The van der Waals surface area contributed by atoms with Gasteiger partial charge in [0, 0.05) is 5.56 Å². The third-order valence-electron chi connectivity index (χ3n) is 3.61. The van der Waals surface area contributed by atoms with Crippen molar-refractivity contribution in [1.29, 1.82) is 0 Å². The third kappa shape index (κ3) is 2.50. The van der Waals surface area contributed by atoms with E-state index in [-0.39, 0.29) is 0 Å². The van der Waals surface area contributed by atoms with Crippen LogP contribution < -0.4 is 5.32 Å². The first-order valence-electron chi connectivity index (χ1n) is 6.07. The molecule has 0 radical (unpaired) electrons. The Morgan fingerprint density at radius 1 is 1.50 bits per heavy atom. The highest BCUT2D eigenvalue weighted by atomic mass is 16.1. The molecular formula is C14H19NO. The van der Waals surface area contributed by atoms with E-state index in [1.807, 2.05) is 18.2 Å². The average molecular weight is 217 g/mol. The zero-order valence-electron chi connectivity index (χ0n) is 9.78. The molecule has 2 heteroatoms. The Labute approximate surface area is 97.1 Å². The van der Waals surface area contributed by atoms with Gasteiger partial charge in [-0.3, -0.25) is 4.79 Å². The summed E-state index contributed by atoms with van der Waals surface area (Å²) in [6.07, 6.45) is 3.48. The van der Waals surface area contributed by atoms with Crippen LogP contribution in [0.15, 0.2) is 24.3 Å². The van der Waals surface area contributed by atoms with Gasteiger partial charge < -0.3 is 5.32 Å². The SMILES string of the molecule is CC(c1cccc(C=O)c1)C1CCCNC1. The number of carbonyl (C=O) groups is 1. The van der Waals surface area contributed by atoms with Crippen LogP contribution in [0.5, 0.6) is 0 Å². The van der Waals surface area contributed by atoms with E-state index in [1.165, 1.54) is 18.4 Å². The molecule has 0 amide bonds. The molecule has 0 spiro atoms. The monoisotopic (exact) mass is 217 g/mol. The van der Waals surface area contributed by atoms with Crippen molar-refractivity contribution in [3.63, 3.8) is 0 Å². The summed E-state index contributed by atoms with van der Waals surface area (Å²) in [4.78, 5) is 10.7. The van der Waals surface area contributed by atoms with Crippen LogP contribution in [0.3, 0.4) is 0 Å². The third-order valence-corrected chi connectivity index (χ3v) is 3.61. The molecule has 1 N–H and O–H groups in total. The highest BCUT2D eigenvalue weighted by Gasteiger charge is 2.21. The molecule has 1 aromatic rings. The molecule has 2 nitrogen and oxygen atoms in total. The second-order valence-corrected chi connectivity index (χ2v) is 4.68. The van der Waals surface area contributed by atoms with Crippen molar-refractivity contribution >= 4 is 6.29 Å². The molecule has 0 saturated carbocycles. The van der Waals surface area contributed by atoms with E-state index in [0.29, 0.717) is 11.8 Å². The Balaban J connectivity index is 2.12. The molecule has 1 heterocycles. The van der Waals surface area contributed by atoms with Crippen molar-refractivity contribution in [2.45, 2.75) is 25.7 Å². The van der Waals surface area contributed by atoms with Gasteiger partial charge in [0.2, 0.25) is 0 Å². The van der Waals surface area contributed by atoms with Crippen LogP contribution in [0.25, 0.3) is 0 Å². The first-order chi connectivity index (χ1) is 7.81. The Bertz CT molecular complexity index is 356. The van der Waals surface area contributed by atoms with Crippen LogP contribution in [0, 0.1) is 5.92 Å². The summed E-state index contributed by atoms with van der Waals surface area (Å²) >= 11 is 0. The van der Waals surface area contributed by atoms with Crippen LogP contribution in [0.2, 0.25) is 0 Å². The Morgan fingerprint density at radius 3 is 3.06 bits per heavy atom. The van der Waals surface area contributed by atoms with Gasteiger partial charge in [0.05, 0.1) is 0 Å². The second kappa shape index (κ2) is 5.26. The minimum Gasteiger partial charge on any atom is -0.316 e. The van der Waals surface area contributed by atoms with Crippen LogP contribution in [-0.2, 0) is 0 Å². The maximum Gasteiger partial charge on any atom is 0.150 e. The molecule has 16 heavy (non-hydrogen) atoms. The zero-order valence-corrected chi connectivity index (χ0v) is 9.78. The molecule has 86 valence electrons. The number of nitrogens with one attached hydrogen (secondary N) is 1. The molecule has 1 saturated heterocycles. The lowest BCUT2D eigenvalue weighted by molar-refractivity contribution is 0.112. The molecule has 0 aromatic heterocycles. The Hall–Kier alpha value is -1.15. The van der Waals surface area contributed by atoms with Gasteiger partial charge in [-0.05, 0) is 49.4 Å². The van der Waals surface area contributed by atoms with E-state index >= 15 is 0 Å². The number of aldehydes is 1. The molecule has 2 unspecified atom stereocenters. The van der Waals surface area contributed by atoms with E-state index < -0.39 is 0 Å². The van der Waals surface area contributed by atoms with Crippen LogP contribution in [0.1, 0.15) is 41.6 Å². The van der Waals surface area contributed by atoms with Crippen molar-refractivity contribution in [3.05, 3.63) is 35.4 Å². The first kappa shape index (κ1) is 11.3. The van der Waals surface area contributed by atoms with Crippen molar-refractivity contribution in [3.8, 4) is 0 Å². The van der Waals surface area contributed by atoms with Gasteiger partial charge in [-0.2, -0.15) is 0 Å². The van der Waals surface area contributed by atoms with Gasteiger partial charge >= 0.3 is 0 Å². The van der Waals surface area contributed by atoms with Gasteiger partial charge in [0.25, 0.3) is 0 Å². The van der Waals surface area contributed by atoms with Crippen LogP contribution in [0.4, 0.5) is 0 Å². The average Bonchev–Trinajstić information content (AvgIpc) is 2.39.